The van der Waals surface area contributed by atoms with Gasteiger partial charge in [-0.2, -0.15) is 0 Å². The Hall–Kier alpha value is -2.63. The molecule has 2 atom stereocenters. The largest absolute Gasteiger partial charge is 0.444 e. The van der Waals surface area contributed by atoms with Crippen molar-refractivity contribution in [2.45, 2.75) is 89.5 Å². The molecule has 0 saturated heterocycles. The van der Waals surface area contributed by atoms with E-state index >= 15 is 0 Å². The molecule has 0 heterocycles. The zero-order valence-electron chi connectivity index (χ0n) is 21.9. The zero-order chi connectivity index (χ0) is 25.6. The van der Waals surface area contributed by atoms with Crippen LogP contribution in [-0.2, 0) is 23.1 Å². The summed E-state index contributed by atoms with van der Waals surface area (Å²) in [6.45, 7) is 14.1. The summed E-state index contributed by atoms with van der Waals surface area (Å²) in [6.07, 6.45) is 3.93. The minimum atomic E-state index is -0.781. The molecule has 0 unspecified atom stereocenters. The molecule has 5 nitrogen and oxygen atoms in total. The Kier molecular flexibility index (Phi) is 8.79. The van der Waals surface area contributed by atoms with E-state index in [0.717, 1.165) is 30.4 Å². The van der Waals surface area contributed by atoms with Gasteiger partial charge in [-0.1, -0.05) is 68.5 Å². The van der Waals surface area contributed by atoms with Crippen LogP contribution in [0, 0.1) is 0 Å². The number of alkyl carbamates (subject to hydrolysis) is 1. The van der Waals surface area contributed by atoms with Crippen molar-refractivity contribution in [1.29, 1.82) is 0 Å². The summed E-state index contributed by atoms with van der Waals surface area (Å²) in [5.41, 5.74) is 4.08. The first-order valence-corrected chi connectivity index (χ1v) is 12.7. The fourth-order valence-corrected chi connectivity index (χ4v) is 4.38. The molecule has 0 aromatic heterocycles. The van der Waals surface area contributed by atoms with Gasteiger partial charge in [0, 0.05) is 12.1 Å². The molecule has 35 heavy (non-hydrogen) atoms. The van der Waals surface area contributed by atoms with Crippen LogP contribution in [0.4, 0.5) is 4.79 Å². The molecule has 1 fully saturated rings. The van der Waals surface area contributed by atoms with Crippen LogP contribution >= 0.6 is 0 Å². The second-order valence-electron chi connectivity index (χ2n) is 11.1. The molecule has 0 radical (unpaired) electrons. The molecule has 5 heteroatoms. The third-order valence-electron chi connectivity index (χ3n) is 6.50. The van der Waals surface area contributed by atoms with E-state index in [0.29, 0.717) is 18.9 Å². The fourth-order valence-electron chi connectivity index (χ4n) is 4.38. The van der Waals surface area contributed by atoms with Crippen molar-refractivity contribution in [1.82, 2.24) is 10.6 Å². The van der Waals surface area contributed by atoms with E-state index < -0.39 is 23.8 Å². The van der Waals surface area contributed by atoms with Crippen molar-refractivity contribution in [3.8, 4) is 0 Å². The number of allylic oxidation sites excluding steroid dienone is 1. The van der Waals surface area contributed by atoms with Gasteiger partial charge in [-0.15, -0.1) is 6.58 Å². The predicted molar refractivity (Wildman–Crippen MR) is 143 cm³/mol. The Morgan fingerprint density at radius 3 is 2.46 bits per heavy atom. The first-order valence-electron chi connectivity index (χ1n) is 12.7. The topological polar surface area (TPSA) is 70.6 Å². The summed E-state index contributed by atoms with van der Waals surface area (Å²) in [4.78, 5) is 12.6. The Bertz CT molecular complexity index is 1000. The molecule has 2 aromatic carbocycles. The molecule has 1 aliphatic carbocycles. The number of aliphatic hydroxyl groups excluding tert-OH is 1. The van der Waals surface area contributed by atoms with Crippen LogP contribution < -0.4 is 10.6 Å². The molecule has 0 spiro atoms. The average molecular weight is 479 g/mol. The van der Waals surface area contributed by atoms with E-state index in [1.165, 1.54) is 11.1 Å². The standard InChI is InChI=1S/C30H42N2O3/c1-7-10-22-11-8-12-23(17-22)18-26(32-28(34)35-29(4,5)6)27(33)20-31-30(15-16-30)25-14-9-13-24(19-25)21(2)3/h7-9,11-14,17,19,21,26-27,31,33H,1,10,15-16,18,20H2,2-6H3,(H,32,34)/t26-,27-/m0/s1. The van der Waals surface area contributed by atoms with E-state index in [1.807, 2.05) is 39.0 Å². The Morgan fingerprint density at radius 1 is 1.14 bits per heavy atom. The number of carbonyl (C=O) groups is 1. The van der Waals surface area contributed by atoms with Crippen molar-refractivity contribution in [3.63, 3.8) is 0 Å². The normalized spacial score (nSPS) is 16.4. The van der Waals surface area contributed by atoms with E-state index in [9.17, 15) is 9.90 Å². The van der Waals surface area contributed by atoms with Gasteiger partial charge in [0.2, 0.25) is 0 Å². The Morgan fingerprint density at radius 2 is 1.83 bits per heavy atom. The molecule has 2 aromatic rings. The molecule has 3 rings (SSSR count). The van der Waals surface area contributed by atoms with Gasteiger partial charge in [0.25, 0.3) is 0 Å². The highest BCUT2D eigenvalue weighted by Crippen LogP contribution is 2.46. The molecular formula is C30H42N2O3. The van der Waals surface area contributed by atoms with Crippen molar-refractivity contribution >= 4 is 6.09 Å². The molecule has 1 aliphatic rings. The summed E-state index contributed by atoms with van der Waals surface area (Å²) >= 11 is 0. The van der Waals surface area contributed by atoms with Crippen molar-refractivity contribution < 1.29 is 14.6 Å². The number of ether oxygens (including phenoxy) is 1. The van der Waals surface area contributed by atoms with Crippen LogP contribution in [-0.4, -0.2) is 35.5 Å². The first-order chi connectivity index (χ1) is 16.5. The molecule has 0 bridgehead atoms. The van der Waals surface area contributed by atoms with Crippen LogP contribution in [0.2, 0.25) is 0 Å². The number of aliphatic hydroxyl groups is 1. The van der Waals surface area contributed by atoms with Crippen LogP contribution in [0.3, 0.4) is 0 Å². The lowest BCUT2D eigenvalue weighted by Crippen LogP contribution is -2.51. The summed E-state index contributed by atoms with van der Waals surface area (Å²) < 4.78 is 5.49. The van der Waals surface area contributed by atoms with Crippen molar-refractivity contribution in [3.05, 3.63) is 83.4 Å². The second-order valence-corrected chi connectivity index (χ2v) is 11.1. The highest BCUT2D eigenvalue weighted by atomic mass is 16.6. The average Bonchev–Trinajstić information content (AvgIpc) is 3.57. The summed E-state index contributed by atoms with van der Waals surface area (Å²) in [5, 5.41) is 17.8. The predicted octanol–water partition coefficient (Wildman–Crippen LogP) is 5.61. The van der Waals surface area contributed by atoms with Gasteiger partial charge in [-0.3, -0.25) is 0 Å². The van der Waals surface area contributed by atoms with Crippen LogP contribution in [0.15, 0.2) is 61.2 Å². The Labute approximate surface area is 211 Å². The third-order valence-corrected chi connectivity index (χ3v) is 6.50. The van der Waals surface area contributed by atoms with Gasteiger partial charge >= 0.3 is 6.09 Å². The van der Waals surface area contributed by atoms with E-state index in [4.69, 9.17) is 4.74 Å². The lowest BCUT2D eigenvalue weighted by molar-refractivity contribution is 0.0419. The van der Waals surface area contributed by atoms with Gasteiger partial charge in [-0.25, -0.2) is 4.79 Å². The van der Waals surface area contributed by atoms with Gasteiger partial charge in [-0.05, 0) is 74.6 Å². The van der Waals surface area contributed by atoms with Gasteiger partial charge < -0.3 is 20.5 Å². The van der Waals surface area contributed by atoms with E-state index in [2.05, 4.69) is 67.5 Å². The van der Waals surface area contributed by atoms with Crippen molar-refractivity contribution in [2.24, 2.45) is 0 Å². The number of hydrogen-bond acceptors (Lipinski definition) is 4. The summed E-state index contributed by atoms with van der Waals surface area (Å²) in [5.74, 6) is 0.468. The van der Waals surface area contributed by atoms with Gasteiger partial charge in [0.05, 0.1) is 12.1 Å². The third kappa shape index (κ3) is 7.94. The number of amides is 1. The summed E-state index contributed by atoms with van der Waals surface area (Å²) in [6, 6.07) is 16.4. The molecule has 190 valence electrons. The maximum Gasteiger partial charge on any atom is 0.407 e. The van der Waals surface area contributed by atoms with Crippen LogP contribution in [0.25, 0.3) is 0 Å². The quantitative estimate of drug-likeness (QED) is 0.367. The van der Waals surface area contributed by atoms with Crippen molar-refractivity contribution in [2.75, 3.05) is 6.54 Å². The SMILES string of the molecule is C=CCc1cccc(C[C@H](NC(=O)OC(C)(C)C)[C@@H](O)CNC2(c3cccc(C(C)C)c3)CC2)c1. The summed E-state index contributed by atoms with van der Waals surface area (Å²) in [7, 11) is 0. The van der Waals surface area contributed by atoms with Gasteiger partial charge in [0.15, 0.2) is 0 Å². The molecule has 0 aliphatic heterocycles. The maximum absolute atomic E-state index is 12.6. The minimum Gasteiger partial charge on any atom is -0.444 e. The van der Waals surface area contributed by atoms with Crippen LogP contribution in [0.1, 0.15) is 75.6 Å². The molecular weight excluding hydrogens is 436 g/mol. The van der Waals surface area contributed by atoms with E-state index in [1.54, 1.807) is 0 Å². The number of benzene rings is 2. The zero-order valence-corrected chi connectivity index (χ0v) is 21.9. The lowest BCUT2D eigenvalue weighted by Gasteiger charge is -2.29. The Balaban J connectivity index is 1.72. The molecule has 1 saturated carbocycles. The fraction of sp³-hybridized carbons (Fsp3) is 0.500. The number of rotatable bonds is 11. The number of hydrogen-bond donors (Lipinski definition) is 3. The minimum absolute atomic E-state index is 0.105. The molecule has 1 amide bonds. The monoisotopic (exact) mass is 478 g/mol. The first kappa shape index (κ1) is 27.0. The number of nitrogens with one attached hydrogen (secondary N) is 2. The van der Waals surface area contributed by atoms with E-state index in [-0.39, 0.29) is 5.54 Å². The van der Waals surface area contributed by atoms with Gasteiger partial charge in [0.1, 0.15) is 5.60 Å². The second kappa shape index (κ2) is 11.4. The maximum atomic E-state index is 12.6. The molecule has 3 N–H and O–H groups in total. The smallest absolute Gasteiger partial charge is 0.407 e. The lowest BCUT2D eigenvalue weighted by atomic mass is 9.95. The van der Waals surface area contributed by atoms with Crippen LogP contribution in [0.5, 0.6) is 0 Å². The highest BCUT2D eigenvalue weighted by molar-refractivity contribution is 5.68. The number of carbonyl (C=O) groups excluding carboxylic acids is 1. The highest BCUT2D eigenvalue weighted by Gasteiger charge is 2.44.